The number of carbonyl (C=O) groups excluding carboxylic acids is 2. The minimum Gasteiger partial charge on any atom is -0.295 e. The molecule has 1 atom stereocenters. The second kappa shape index (κ2) is 4.80. The number of fused-ring (bicyclic) bond motifs is 1. The van der Waals surface area contributed by atoms with Crippen molar-refractivity contribution < 1.29 is 11.0 Å². The Kier molecular flexibility index (Phi) is 3.08. The van der Waals surface area contributed by atoms with Gasteiger partial charge in [0.25, 0.3) is 5.56 Å². The van der Waals surface area contributed by atoms with E-state index >= 15 is 0 Å². The summed E-state index contributed by atoms with van der Waals surface area (Å²) in [5, 5.41) is 2.80. The van der Waals surface area contributed by atoms with Gasteiger partial charge >= 0.3 is 0 Å². The van der Waals surface area contributed by atoms with Crippen molar-refractivity contribution in [3.63, 3.8) is 0 Å². The lowest BCUT2D eigenvalue weighted by Gasteiger charge is -2.24. The molecule has 0 unspecified atom stereocenters. The highest BCUT2D eigenvalue weighted by atomic mass is 16.2. The highest BCUT2D eigenvalue weighted by Gasteiger charge is 2.30. The number of rotatable bonds is 1. The molecule has 110 valence electrons. The van der Waals surface area contributed by atoms with Crippen LogP contribution < -0.4 is 10.9 Å². The van der Waals surface area contributed by atoms with Crippen LogP contribution in [-0.2, 0) is 9.59 Å². The highest BCUT2D eigenvalue weighted by molar-refractivity contribution is 5.99. The maximum Gasteiger partial charge on any atom is 0.262 e. The van der Waals surface area contributed by atoms with Gasteiger partial charge in [-0.1, -0.05) is 12.1 Å². The van der Waals surface area contributed by atoms with E-state index in [1.165, 1.54) is 4.57 Å². The van der Waals surface area contributed by atoms with Gasteiger partial charge in [0.05, 0.1) is 10.9 Å². The topological polar surface area (TPSA) is 81.1 Å². The summed E-state index contributed by atoms with van der Waals surface area (Å²) < 4.78 is 1.40. The number of aryl methyl sites for hydroxylation is 2. The predicted molar refractivity (Wildman–Crippen MR) is 79.0 cm³/mol. The molecule has 0 aliphatic carbocycles. The van der Waals surface area contributed by atoms with Crippen LogP contribution in [0, 0.1) is 13.8 Å². The van der Waals surface area contributed by atoms with Gasteiger partial charge < -0.3 is 0 Å². The van der Waals surface area contributed by atoms with Crippen LogP contribution in [0.5, 0.6) is 0 Å². The Labute approximate surface area is 122 Å². The van der Waals surface area contributed by atoms with Gasteiger partial charge in [-0.25, -0.2) is 4.98 Å². The fourth-order valence-electron chi connectivity index (χ4n) is 2.81. The maximum absolute atomic E-state index is 12.8. The normalized spacial score (nSPS) is 18.9. The van der Waals surface area contributed by atoms with E-state index < -0.39 is 11.9 Å². The minimum absolute atomic E-state index is 0. The van der Waals surface area contributed by atoms with Crippen molar-refractivity contribution in [2.24, 2.45) is 0 Å². The number of hydrogen-bond acceptors (Lipinski definition) is 4. The number of nitrogens with one attached hydrogen (secondary N) is 1. The zero-order valence-electron chi connectivity index (χ0n) is 11.8. The van der Waals surface area contributed by atoms with Crippen LogP contribution >= 0.6 is 0 Å². The third-order valence-electron chi connectivity index (χ3n) is 3.84. The SMILES string of the molecule is Cc1cccc2nc(C)n([C@@H]3CCC(=O)NC3=O)c(=O)c12.[HH]. The lowest BCUT2D eigenvalue weighted by Crippen LogP contribution is -2.45. The first-order chi connectivity index (χ1) is 9.99. The molecule has 6 heteroatoms. The van der Waals surface area contributed by atoms with Gasteiger partial charge in [-0.3, -0.25) is 24.3 Å². The maximum atomic E-state index is 12.8. The monoisotopic (exact) mass is 287 g/mol. The van der Waals surface area contributed by atoms with E-state index in [1.807, 2.05) is 19.1 Å². The van der Waals surface area contributed by atoms with Crippen LogP contribution in [0.2, 0.25) is 0 Å². The van der Waals surface area contributed by atoms with Crippen molar-refractivity contribution in [2.75, 3.05) is 0 Å². The number of benzene rings is 1. The van der Waals surface area contributed by atoms with Crippen LogP contribution in [0.3, 0.4) is 0 Å². The van der Waals surface area contributed by atoms with E-state index in [1.54, 1.807) is 13.0 Å². The van der Waals surface area contributed by atoms with Crippen LogP contribution in [0.4, 0.5) is 0 Å². The lowest BCUT2D eigenvalue weighted by molar-refractivity contribution is -0.135. The molecular weight excluding hydrogens is 270 g/mol. The molecule has 1 aromatic heterocycles. The van der Waals surface area contributed by atoms with Crippen molar-refractivity contribution in [2.45, 2.75) is 32.7 Å². The fourth-order valence-corrected chi connectivity index (χ4v) is 2.81. The van der Waals surface area contributed by atoms with Crippen molar-refractivity contribution in [1.82, 2.24) is 14.9 Å². The molecule has 1 aliphatic heterocycles. The first-order valence-corrected chi connectivity index (χ1v) is 6.81. The average molecular weight is 287 g/mol. The van der Waals surface area contributed by atoms with Gasteiger partial charge in [-0.2, -0.15) is 0 Å². The molecule has 0 spiro atoms. The van der Waals surface area contributed by atoms with Gasteiger partial charge in [0.15, 0.2) is 0 Å². The summed E-state index contributed by atoms with van der Waals surface area (Å²) in [6, 6.07) is 4.80. The molecule has 1 fully saturated rings. The lowest BCUT2D eigenvalue weighted by atomic mass is 10.0. The smallest absolute Gasteiger partial charge is 0.262 e. The van der Waals surface area contributed by atoms with Crippen molar-refractivity contribution in [3.05, 3.63) is 39.9 Å². The van der Waals surface area contributed by atoms with Crippen LogP contribution in [0.1, 0.15) is 31.7 Å². The molecule has 1 aromatic carbocycles. The zero-order chi connectivity index (χ0) is 15.1. The average Bonchev–Trinajstić information content (AvgIpc) is 2.40. The van der Waals surface area contributed by atoms with Crippen molar-refractivity contribution >= 4 is 22.7 Å². The summed E-state index contributed by atoms with van der Waals surface area (Å²) >= 11 is 0. The molecular formula is C15H17N3O3. The van der Waals surface area contributed by atoms with Crippen LogP contribution in [0.25, 0.3) is 10.9 Å². The predicted octanol–water partition coefficient (Wildman–Crippen LogP) is 1.24. The largest absolute Gasteiger partial charge is 0.295 e. The van der Waals surface area contributed by atoms with Crippen molar-refractivity contribution in [1.29, 1.82) is 0 Å². The number of aromatic nitrogens is 2. The first-order valence-electron chi connectivity index (χ1n) is 6.81. The Hall–Kier alpha value is -2.50. The molecule has 0 saturated carbocycles. The van der Waals surface area contributed by atoms with Gasteiger partial charge in [-0.05, 0) is 31.9 Å². The van der Waals surface area contributed by atoms with Gasteiger partial charge in [0, 0.05) is 7.85 Å². The quantitative estimate of drug-likeness (QED) is 0.800. The molecule has 21 heavy (non-hydrogen) atoms. The second-order valence-electron chi connectivity index (χ2n) is 5.27. The second-order valence-corrected chi connectivity index (χ2v) is 5.27. The van der Waals surface area contributed by atoms with Crippen LogP contribution in [-0.4, -0.2) is 21.4 Å². The van der Waals surface area contributed by atoms with E-state index in [2.05, 4.69) is 10.3 Å². The van der Waals surface area contributed by atoms with Crippen molar-refractivity contribution in [3.8, 4) is 0 Å². The Morgan fingerprint density at radius 1 is 1.29 bits per heavy atom. The highest BCUT2D eigenvalue weighted by Crippen LogP contribution is 2.20. The molecule has 1 aliphatic rings. The van der Waals surface area contributed by atoms with E-state index in [0.717, 1.165) is 5.56 Å². The molecule has 2 heterocycles. The van der Waals surface area contributed by atoms with E-state index in [-0.39, 0.29) is 19.3 Å². The number of piperidine rings is 1. The molecule has 3 rings (SSSR count). The Morgan fingerprint density at radius 2 is 2.05 bits per heavy atom. The fraction of sp³-hybridized carbons (Fsp3) is 0.333. The zero-order valence-corrected chi connectivity index (χ0v) is 11.8. The molecule has 0 bridgehead atoms. The van der Waals surface area contributed by atoms with E-state index in [9.17, 15) is 14.4 Å². The van der Waals surface area contributed by atoms with Gasteiger partial charge in [0.2, 0.25) is 11.8 Å². The van der Waals surface area contributed by atoms with Gasteiger partial charge in [0.1, 0.15) is 11.9 Å². The Morgan fingerprint density at radius 3 is 2.76 bits per heavy atom. The summed E-state index contributed by atoms with van der Waals surface area (Å²) in [7, 11) is 0. The number of nitrogens with zero attached hydrogens (tertiary/aromatic N) is 2. The first kappa shape index (κ1) is 13.5. The molecule has 2 amide bonds. The van der Waals surface area contributed by atoms with Gasteiger partial charge in [-0.15, -0.1) is 0 Å². The summed E-state index contributed by atoms with van der Waals surface area (Å²) in [4.78, 5) is 40.4. The number of imide groups is 1. The minimum atomic E-state index is -0.674. The molecule has 2 aromatic rings. The third kappa shape index (κ3) is 2.12. The molecule has 6 nitrogen and oxygen atoms in total. The van der Waals surface area contributed by atoms with E-state index in [0.29, 0.717) is 23.1 Å². The van der Waals surface area contributed by atoms with E-state index in [4.69, 9.17) is 0 Å². The summed E-state index contributed by atoms with van der Waals surface area (Å²) in [5.74, 6) is -0.259. The summed E-state index contributed by atoms with van der Waals surface area (Å²) in [6.45, 7) is 3.54. The molecule has 1 saturated heterocycles. The number of carbonyl (C=O) groups is 2. The summed E-state index contributed by atoms with van der Waals surface area (Å²) in [6.07, 6.45) is 0.554. The number of amides is 2. The standard InChI is InChI=1S/C15H15N3O3.H2/c1-8-4-3-5-10-13(8)15(21)18(9(2)16-10)11-6-7-12(19)17-14(11)20;/h3-5,11H,6-7H2,1-2H3,(H,17,19,20);1H/t11-;/m1./s1. The molecule has 1 N–H and O–H groups in total. The summed E-state index contributed by atoms with van der Waals surface area (Å²) in [5.41, 5.74) is 1.22. The molecule has 0 radical (unpaired) electrons. The number of hydrogen-bond donors (Lipinski definition) is 1. The van der Waals surface area contributed by atoms with Crippen LogP contribution in [0.15, 0.2) is 23.0 Å². The Bertz CT molecular complexity index is 829. The Balaban J connectivity index is 0.00000176. The third-order valence-corrected chi connectivity index (χ3v) is 3.84.